The van der Waals surface area contributed by atoms with Crippen LogP contribution in [0, 0.1) is 6.92 Å². The van der Waals surface area contributed by atoms with Crippen molar-refractivity contribution >= 4 is 32.3 Å². The molecule has 3 aromatic carbocycles. The van der Waals surface area contributed by atoms with Gasteiger partial charge in [0.2, 0.25) is 9.84 Å². The van der Waals surface area contributed by atoms with Crippen molar-refractivity contribution in [3.63, 3.8) is 0 Å². The summed E-state index contributed by atoms with van der Waals surface area (Å²) in [7, 11) is -3.75. The molecule has 0 fully saturated rings. The van der Waals surface area contributed by atoms with Gasteiger partial charge in [-0.3, -0.25) is 9.78 Å². The van der Waals surface area contributed by atoms with Crippen LogP contribution in [0.1, 0.15) is 15.9 Å². The number of hydrogen-bond acceptors (Lipinski definition) is 4. The molecule has 0 radical (unpaired) electrons. The lowest BCUT2D eigenvalue weighted by Crippen LogP contribution is -2.13. The average Bonchev–Trinajstić information content (AvgIpc) is 2.74. The summed E-state index contributed by atoms with van der Waals surface area (Å²) in [6, 6.07) is 22.2. The van der Waals surface area contributed by atoms with Crippen molar-refractivity contribution in [3.05, 3.63) is 96.2 Å². The predicted octanol–water partition coefficient (Wildman–Crippen LogP) is 4.63. The molecule has 4 aromatic rings. The van der Waals surface area contributed by atoms with Gasteiger partial charge in [-0.05, 0) is 55.0 Å². The van der Waals surface area contributed by atoms with Crippen molar-refractivity contribution in [2.45, 2.75) is 16.7 Å². The number of amides is 1. The lowest BCUT2D eigenvalue weighted by molar-refractivity contribution is 0.102. The summed E-state index contributed by atoms with van der Waals surface area (Å²) in [5.74, 6) is -0.285. The number of nitrogens with zero attached hydrogens (tertiary/aromatic N) is 1. The number of carbonyl (C=O) groups excluding carboxylic acids is 1. The number of rotatable bonds is 4. The van der Waals surface area contributed by atoms with Crippen LogP contribution in [0.3, 0.4) is 0 Å². The second-order valence-electron chi connectivity index (χ2n) is 6.60. The number of hydrogen-bond donors (Lipinski definition) is 1. The van der Waals surface area contributed by atoms with Gasteiger partial charge in [0.25, 0.3) is 5.91 Å². The summed E-state index contributed by atoms with van der Waals surface area (Å²) < 4.78 is 26.6. The number of pyridine rings is 1. The molecular formula is C23H18N2O3S. The fourth-order valence-corrected chi connectivity index (χ4v) is 4.93. The molecule has 0 aliphatic heterocycles. The van der Waals surface area contributed by atoms with E-state index in [4.69, 9.17) is 0 Å². The maximum absolute atomic E-state index is 13.3. The molecule has 1 amide bonds. The Morgan fingerprint density at radius 3 is 2.31 bits per heavy atom. The third kappa shape index (κ3) is 3.50. The van der Waals surface area contributed by atoms with Crippen LogP contribution in [-0.4, -0.2) is 19.3 Å². The number of carbonyl (C=O) groups is 1. The number of aromatic nitrogens is 1. The van der Waals surface area contributed by atoms with Gasteiger partial charge in [-0.25, -0.2) is 8.42 Å². The lowest BCUT2D eigenvalue weighted by Gasteiger charge is -2.13. The number of aryl methyl sites for hydroxylation is 1. The van der Waals surface area contributed by atoms with Crippen LogP contribution in [0.25, 0.3) is 10.9 Å². The smallest absolute Gasteiger partial charge is 0.255 e. The van der Waals surface area contributed by atoms with E-state index in [1.807, 2.05) is 6.07 Å². The summed E-state index contributed by atoms with van der Waals surface area (Å²) in [6.07, 6.45) is 1.57. The molecule has 144 valence electrons. The Kier molecular flexibility index (Phi) is 4.86. The third-order valence-electron chi connectivity index (χ3n) is 4.69. The van der Waals surface area contributed by atoms with Crippen LogP contribution in [-0.2, 0) is 9.84 Å². The zero-order valence-electron chi connectivity index (χ0n) is 15.7. The Morgan fingerprint density at radius 1 is 0.828 bits per heavy atom. The summed E-state index contributed by atoms with van der Waals surface area (Å²) in [4.78, 5) is 17.3. The molecule has 4 rings (SSSR count). The number of nitrogens with one attached hydrogen (secondary N) is 1. The number of sulfone groups is 1. The van der Waals surface area contributed by atoms with Crippen molar-refractivity contribution in [1.29, 1.82) is 0 Å². The number of benzene rings is 3. The van der Waals surface area contributed by atoms with Crippen molar-refractivity contribution in [1.82, 2.24) is 4.98 Å². The van der Waals surface area contributed by atoms with E-state index in [1.165, 1.54) is 6.07 Å². The standard InChI is InChI=1S/C23H18N2O3S/c1-16-8-5-6-12-20(16)29(27,28)21-14-13-19(22-18(21)11-7-15-24-22)25-23(26)17-9-3-2-4-10-17/h2-15H,1H3,(H,25,26). The highest BCUT2D eigenvalue weighted by Crippen LogP contribution is 2.32. The van der Waals surface area contributed by atoms with Crippen molar-refractivity contribution in [2.24, 2.45) is 0 Å². The quantitative estimate of drug-likeness (QED) is 0.540. The highest BCUT2D eigenvalue weighted by molar-refractivity contribution is 7.91. The third-order valence-corrected chi connectivity index (χ3v) is 6.66. The van der Waals surface area contributed by atoms with E-state index in [-0.39, 0.29) is 15.7 Å². The molecular weight excluding hydrogens is 384 g/mol. The Hall–Kier alpha value is -3.51. The van der Waals surface area contributed by atoms with Crippen molar-refractivity contribution in [2.75, 3.05) is 5.32 Å². The molecule has 0 spiro atoms. The first-order valence-electron chi connectivity index (χ1n) is 9.03. The molecule has 0 unspecified atom stereocenters. The van der Waals surface area contributed by atoms with Crippen molar-refractivity contribution < 1.29 is 13.2 Å². The predicted molar refractivity (Wildman–Crippen MR) is 113 cm³/mol. The average molecular weight is 402 g/mol. The topological polar surface area (TPSA) is 76.1 Å². The minimum Gasteiger partial charge on any atom is -0.320 e. The zero-order chi connectivity index (χ0) is 20.4. The molecule has 29 heavy (non-hydrogen) atoms. The monoisotopic (exact) mass is 402 g/mol. The van der Waals surface area contributed by atoms with Crippen LogP contribution in [0.5, 0.6) is 0 Å². The molecule has 0 saturated heterocycles. The maximum Gasteiger partial charge on any atom is 0.255 e. The molecule has 6 heteroatoms. The largest absolute Gasteiger partial charge is 0.320 e. The van der Waals surface area contributed by atoms with E-state index in [0.29, 0.717) is 27.7 Å². The first kappa shape index (κ1) is 18.8. The van der Waals surface area contributed by atoms with Gasteiger partial charge >= 0.3 is 0 Å². The van der Waals surface area contributed by atoms with Gasteiger partial charge in [-0.2, -0.15) is 0 Å². The number of anilines is 1. The summed E-state index contributed by atoms with van der Waals surface area (Å²) in [6.45, 7) is 1.77. The van der Waals surface area contributed by atoms with Gasteiger partial charge in [0.05, 0.1) is 21.0 Å². The molecule has 0 aliphatic carbocycles. The first-order valence-corrected chi connectivity index (χ1v) is 10.5. The highest BCUT2D eigenvalue weighted by atomic mass is 32.2. The fraction of sp³-hybridized carbons (Fsp3) is 0.0435. The second-order valence-corrected chi connectivity index (χ2v) is 8.49. The SMILES string of the molecule is Cc1ccccc1S(=O)(=O)c1ccc(NC(=O)c2ccccc2)c2ncccc12. The van der Waals surface area contributed by atoms with Crippen LogP contribution in [0.4, 0.5) is 5.69 Å². The van der Waals surface area contributed by atoms with E-state index >= 15 is 0 Å². The summed E-state index contributed by atoms with van der Waals surface area (Å²) in [5, 5.41) is 3.29. The normalized spacial score (nSPS) is 11.3. The fourth-order valence-electron chi connectivity index (χ4n) is 3.24. The Morgan fingerprint density at radius 2 is 1.55 bits per heavy atom. The molecule has 0 aliphatic rings. The molecule has 1 N–H and O–H groups in total. The Bertz CT molecular complexity index is 1320. The summed E-state index contributed by atoms with van der Waals surface area (Å²) >= 11 is 0. The van der Waals surface area contributed by atoms with E-state index < -0.39 is 9.84 Å². The van der Waals surface area contributed by atoms with Crippen LogP contribution < -0.4 is 5.32 Å². The van der Waals surface area contributed by atoms with E-state index in [2.05, 4.69) is 10.3 Å². The Balaban J connectivity index is 1.83. The van der Waals surface area contributed by atoms with Gasteiger partial charge in [0.1, 0.15) is 0 Å². The van der Waals surface area contributed by atoms with Gasteiger partial charge in [-0.15, -0.1) is 0 Å². The lowest BCUT2D eigenvalue weighted by atomic mass is 10.1. The molecule has 0 bridgehead atoms. The highest BCUT2D eigenvalue weighted by Gasteiger charge is 2.23. The van der Waals surface area contributed by atoms with E-state index in [1.54, 1.807) is 79.9 Å². The number of fused-ring (bicyclic) bond motifs is 1. The molecule has 1 aromatic heterocycles. The van der Waals surface area contributed by atoms with Crippen molar-refractivity contribution in [3.8, 4) is 0 Å². The molecule has 5 nitrogen and oxygen atoms in total. The second kappa shape index (κ2) is 7.48. The van der Waals surface area contributed by atoms with E-state index in [0.717, 1.165) is 0 Å². The molecule has 0 saturated carbocycles. The Labute approximate surface area is 169 Å². The minimum atomic E-state index is -3.75. The molecule has 0 atom stereocenters. The summed E-state index contributed by atoms with van der Waals surface area (Å²) in [5.41, 5.74) is 2.06. The van der Waals surface area contributed by atoms with Crippen LogP contribution >= 0.6 is 0 Å². The van der Waals surface area contributed by atoms with E-state index in [9.17, 15) is 13.2 Å². The van der Waals surface area contributed by atoms with Crippen LogP contribution in [0.2, 0.25) is 0 Å². The molecule has 1 heterocycles. The van der Waals surface area contributed by atoms with Gasteiger partial charge < -0.3 is 5.32 Å². The van der Waals surface area contributed by atoms with Gasteiger partial charge in [0.15, 0.2) is 0 Å². The van der Waals surface area contributed by atoms with Gasteiger partial charge in [-0.1, -0.05) is 36.4 Å². The van der Waals surface area contributed by atoms with Gasteiger partial charge in [0, 0.05) is 17.1 Å². The maximum atomic E-state index is 13.3. The zero-order valence-corrected chi connectivity index (χ0v) is 16.5. The minimum absolute atomic E-state index is 0.160. The first-order chi connectivity index (χ1) is 14.0. The van der Waals surface area contributed by atoms with Crippen LogP contribution in [0.15, 0.2) is 94.9 Å².